The van der Waals surface area contributed by atoms with Crippen LogP contribution in [0.5, 0.6) is 5.75 Å². The molecule has 3 nitrogen and oxygen atoms in total. The molecule has 1 aromatic rings. The Morgan fingerprint density at radius 3 is 2.50 bits per heavy atom. The summed E-state index contributed by atoms with van der Waals surface area (Å²) in [5.41, 5.74) is 1.20. The molecule has 0 bridgehead atoms. The number of phenolic OH excluding ortho intramolecular Hbond substituents is 1. The highest BCUT2D eigenvalue weighted by atomic mass is 16.5. The average Bonchev–Trinajstić information content (AvgIpc) is 2.18. The Morgan fingerprint density at radius 2 is 1.93 bits per heavy atom. The molecule has 0 amide bonds. The van der Waals surface area contributed by atoms with Gasteiger partial charge in [-0.1, -0.05) is 12.1 Å². The first-order valence-corrected chi connectivity index (χ1v) is 4.68. The summed E-state index contributed by atoms with van der Waals surface area (Å²) in [6.45, 7) is 2.54. The lowest BCUT2D eigenvalue weighted by atomic mass is 10.2. The van der Waals surface area contributed by atoms with Gasteiger partial charge in [-0.25, -0.2) is 0 Å². The molecule has 1 aromatic carbocycles. The van der Waals surface area contributed by atoms with Gasteiger partial charge in [0.1, 0.15) is 5.75 Å². The maximum atomic E-state index is 9.10. The van der Waals surface area contributed by atoms with Gasteiger partial charge in [0, 0.05) is 20.2 Å². The van der Waals surface area contributed by atoms with E-state index in [9.17, 15) is 0 Å². The molecule has 0 fully saturated rings. The second kappa shape index (κ2) is 5.62. The summed E-state index contributed by atoms with van der Waals surface area (Å²) in [5.74, 6) is 0.313. The van der Waals surface area contributed by atoms with Crippen molar-refractivity contribution in [1.82, 2.24) is 4.90 Å². The minimum absolute atomic E-state index is 0.313. The molecule has 0 atom stereocenters. The third-order valence-electron chi connectivity index (χ3n) is 2.07. The number of methoxy groups -OCH3 is 1. The van der Waals surface area contributed by atoms with Crippen LogP contribution in [0.25, 0.3) is 0 Å². The van der Waals surface area contributed by atoms with Gasteiger partial charge in [0.15, 0.2) is 0 Å². The first-order chi connectivity index (χ1) is 6.72. The summed E-state index contributed by atoms with van der Waals surface area (Å²) in [6, 6.07) is 7.27. The van der Waals surface area contributed by atoms with Crippen molar-refractivity contribution in [3.8, 4) is 5.75 Å². The molecule has 0 aromatic heterocycles. The number of ether oxygens (including phenoxy) is 1. The second-order valence-electron chi connectivity index (χ2n) is 3.40. The third kappa shape index (κ3) is 3.77. The second-order valence-corrected chi connectivity index (χ2v) is 3.40. The molecular formula is C11H17NO2. The molecule has 1 rings (SSSR count). The molecule has 0 aliphatic heterocycles. The number of hydrogen-bond donors (Lipinski definition) is 1. The highest BCUT2D eigenvalue weighted by Crippen LogP contribution is 2.10. The van der Waals surface area contributed by atoms with E-state index < -0.39 is 0 Å². The highest BCUT2D eigenvalue weighted by molar-refractivity contribution is 5.25. The summed E-state index contributed by atoms with van der Waals surface area (Å²) in [5, 5.41) is 9.10. The van der Waals surface area contributed by atoms with Crippen LogP contribution in [0.15, 0.2) is 24.3 Å². The number of benzene rings is 1. The Balaban J connectivity index is 2.39. The van der Waals surface area contributed by atoms with Gasteiger partial charge in [0.05, 0.1) is 6.61 Å². The van der Waals surface area contributed by atoms with Crippen LogP contribution in [0, 0.1) is 0 Å². The highest BCUT2D eigenvalue weighted by Gasteiger charge is 1.99. The molecule has 0 saturated carbocycles. The predicted molar refractivity (Wildman–Crippen MR) is 56.3 cm³/mol. The van der Waals surface area contributed by atoms with E-state index in [1.54, 1.807) is 19.2 Å². The lowest BCUT2D eigenvalue weighted by Crippen LogP contribution is -2.22. The lowest BCUT2D eigenvalue weighted by Gasteiger charge is -2.15. The fourth-order valence-corrected chi connectivity index (χ4v) is 1.24. The number of phenols is 1. The maximum absolute atomic E-state index is 9.10. The number of nitrogens with zero attached hydrogens (tertiary/aromatic N) is 1. The van der Waals surface area contributed by atoms with Crippen LogP contribution < -0.4 is 0 Å². The number of aromatic hydroxyl groups is 1. The number of likely N-dealkylation sites (N-methyl/N-ethyl adjacent to an activating group) is 1. The largest absolute Gasteiger partial charge is 0.508 e. The molecule has 0 unspecified atom stereocenters. The molecule has 78 valence electrons. The van der Waals surface area contributed by atoms with E-state index in [0.717, 1.165) is 19.7 Å². The van der Waals surface area contributed by atoms with Crippen molar-refractivity contribution >= 4 is 0 Å². The van der Waals surface area contributed by atoms with Gasteiger partial charge in [-0.05, 0) is 24.7 Å². The van der Waals surface area contributed by atoms with Gasteiger partial charge in [0.25, 0.3) is 0 Å². The normalized spacial score (nSPS) is 10.8. The Labute approximate surface area is 84.9 Å². The zero-order valence-corrected chi connectivity index (χ0v) is 8.73. The van der Waals surface area contributed by atoms with Crippen molar-refractivity contribution < 1.29 is 9.84 Å². The molecule has 0 aliphatic carbocycles. The summed E-state index contributed by atoms with van der Waals surface area (Å²) >= 11 is 0. The minimum atomic E-state index is 0.313. The predicted octanol–water partition coefficient (Wildman–Crippen LogP) is 1.47. The van der Waals surface area contributed by atoms with Gasteiger partial charge in [-0.2, -0.15) is 0 Å². The van der Waals surface area contributed by atoms with Crippen molar-refractivity contribution in [3.63, 3.8) is 0 Å². The zero-order valence-electron chi connectivity index (χ0n) is 8.73. The molecule has 0 radical (unpaired) electrons. The van der Waals surface area contributed by atoms with Gasteiger partial charge in [-0.3, -0.25) is 4.90 Å². The van der Waals surface area contributed by atoms with E-state index in [0.29, 0.717) is 5.75 Å². The Bertz CT molecular complexity index is 258. The van der Waals surface area contributed by atoms with Crippen LogP contribution in [0.2, 0.25) is 0 Å². The van der Waals surface area contributed by atoms with Crippen molar-refractivity contribution in [1.29, 1.82) is 0 Å². The standard InChI is InChI=1S/C11H17NO2/c1-12(7-8-14-2)9-10-3-5-11(13)6-4-10/h3-6,13H,7-9H2,1-2H3. The monoisotopic (exact) mass is 195 g/mol. The number of hydrogen-bond acceptors (Lipinski definition) is 3. The van der Waals surface area contributed by atoms with Gasteiger partial charge >= 0.3 is 0 Å². The fraction of sp³-hybridized carbons (Fsp3) is 0.455. The lowest BCUT2D eigenvalue weighted by molar-refractivity contribution is 0.158. The molecular weight excluding hydrogens is 178 g/mol. The van der Waals surface area contributed by atoms with E-state index >= 15 is 0 Å². The zero-order chi connectivity index (χ0) is 10.4. The first-order valence-electron chi connectivity index (χ1n) is 4.68. The van der Waals surface area contributed by atoms with Gasteiger partial charge in [-0.15, -0.1) is 0 Å². The van der Waals surface area contributed by atoms with Crippen molar-refractivity contribution in [2.45, 2.75) is 6.54 Å². The molecule has 0 saturated heterocycles. The third-order valence-corrected chi connectivity index (χ3v) is 2.07. The molecule has 1 N–H and O–H groups in total. The summed E-state index contributed by atoms with van der Waals surface area (Å²) in [7, 11) is 3.75. The Kier molecular flexibility index (Phi) is 4.43. The van der Waals surface area contributed by atoms with E-state index in [2.05, 4.69) is 4.90 Å². The van der Waals surface area contributed by atoms with E-state index in [-0.39, 0.29) is 0 Å². The van der Waals surface area contributed by atoms with Crippen LogP contribution in [-0.4, -0.2) is 37.3 Å². The molecule has 0 spiro atoms. The van der Waals surface area contributed by atoms with Gasteiger partial charge < -0.3 is 9.84 Å². The maximum Gasteiger partial charge on any atom is 0.115 e. The summed E-state index contributed by atoms with van der Waals surface area (Å²) < 4.78 is 4.99. The molecule has 14 heavy (non-hydrogen) atoms. The number of rotatable bonds is 5. The smallest absolute Gasteiger partial charge is 0.115 e. The van der Waals surface area contributed by atoms with Crippen LogP contribution in [-0.2, 0) is 11.3 Å². The summed E-state index contributed by atoms with van der Waals surface area (Å²) in [4.78, 5) is 2.18. The van der Waals surface area contributed by atoms with Crippen molar-refractivity contribution in [2.75, 3.05) is 27.3 Å². The van der Waals surface area contributed by atoms with E-state index in [1.807, 2.05) is 19.2 Å². The van der Waals surface area contributed by atoms with E-state index in [1.165, 1.54) is 5.56 Å². The van der Waals surface area contributed by atoms with Crippen LogP contribution in [0.1, 0.15) is 5.56 Å². The average molecular weight is 195 g/mol. The van der Waals surface area contributed by atoms with Crippen LogP contribution in [0.3, 0.4) is 0 Å². The topological polar surface area (TPSA) is 32.7 Å². The fourth-order valence-electron chi connectivity index (χ4n) is 1.24. The minimum Gasteiger partial charge on any atom is -0.508 e. The first kappa shape index (κ1) is 11.0. The van der Waals surface area contributed by atoms with Crippen LogP contribution >= 0.6 is 0 Å². The Hall–Kier alpha value is -1.06. The SMILES string of the molecule is COCCN(C)Cc1ccc(O)cc1. The molecule has 0 aliphatic rings. The van der Waals surface area contributed by atoms with Crippen molar-refractivity contribution in [3.05, 3.63) is 29.8 Å². The quantitative estimate of drug-likeness (QED) is 0.772. The molecule has 0 heterocycles. The van der Waals surface area contributed by atoms with Crippen LogP contribution in [0.4, 0.5) is 0 Å². The van der Waals surface area contributed by atoms with E-state index in [4.69, 9.17) is 9.84 Å². The van der Waals surface area contributed by atoms with Crippen molar-refractivity contribution in [2.24, 2.45) is 0 Å². The summed E-state index contributed by atoms with van der Waals surface area (Å²) in [6.07, 6.45) is 0. The van der Waals surface area contributed by atoms with Gasteiger partial charge in [0.2, 0.25) is 0 Å². The molecule has 3 heteroatoms. The Morgan fingerprint density at radius 1 is 1.29 bits per heavy atom.